The van der Waals surface area contributed by atoms with Crippen molar-refractivity contribution >= 4 is 55.5 Å². The molecule has 1 N–H and O–H groups in total. The highest BCUT2D eigenvalue weighted by Gasteiger charge is 2.18. The van der Waals surface area contributed by atoms with Crippen LogP contribution < -0.4 is 5.32 Å². The van der Waals surface area contributed by atoms with E-state index in [0.717, 1.165) is 27.0 Å². The Hall–Kier alpha value is -2.88. The number of nitrogens with one attached hydrogen (secondary N) is 1. The standard InChI is InChI=1S/C24H21BrN4O2S2/c25-19-10-8-18(9-11-19)22-27-28-24(33-22)26-21(30)13-15-29(23(31)20-7-4-16-32-20)14-12-17-5-2-1-3-6-17/h1-11,16H,12-15H2,(H,26,28,30). The van der Waals surface area contributed by atoms with Gasteiger partial charge in [0.25, 0.3) is 5.91 Å². The van der Waals surface area contributed by atoms with E-state index in [9.17, 15) is 9.59 Å². The molecule has 2 heterocycles. The first-order chi connectivity index (χ1) is 16.1. The highest BCUT2D eigenvalue weighted by Crippen LogP contribution is 2.27. The predicted octanol–water partition coefficient (Wildman–Crippen LogP) is 5.74. The lowest BCUT2D eigenvalue weighted by Crippen LogP contribution is -2.35. The average Bonchev–Trinajstić information content (AvgIpc) is 3.53. The third-order valence-corrected chi connectivity index (χ3v) is 7.18. The molecule has 9 heteroatoms. The lowest BCUT2D eigenvalue weighted by molar-refractivity contribution is -0.116. The number of carbonyl (C=O) groups is 2. The number of hydrogen-bond donors (Lipinski definition) is 1. The minimum Gasteiger partial charge on any atom is -0.337 e. The molecule has 168 valence electrons. The summed E-state index contributed by atoms with van der Waals surface area (Å²) in [4.78, 5) is 28.0. The molecule has 0 radical (unpaired) electrons. The molecule has 0 aliphatic carbocycles. The number of aromatic nitrogens is 2. The molecule has 4 aromatic rings. The van der Waals surface area contributed by atoms with E-state index >= 15 is 0 Å². The van der Waals surface area contributed by atoms with Crippen molar-refractivity contribution in [2.45, 2.75) is 12.8 Å². The average molecular weight is 541 g/mol. The van der Waals surface area contributed by atoms with Crippen LogP contribution in [0, 0.1) is 0 Å². The Morgan fingerprint density at radius 3 is 2.45 bits per heavy atom. The number of amides is 2. The second-order valence-corrected chi connectivity index (χ2v) is 10.1. The van der Waals surface area contributed by atoms with Crippen LogP contribution in [-0.2, 0) is 11.2 Å². The summed E-state index contributed by atoms with van der Waals surface area (Å²) in [6.45, 7) is 0.869. The fourth-order valence-electron chi connectivity index (χ4n) is 3.18. The number of thiophene rings is 1. The van der Waals surface area contributed by atoms with Gasteiger partial charge in [-0.15, -0.1) is 21.5 Å². The lowest BCUT2D eigenvalue weighted by atomic mass is 10.1. The van der Waals surface area contributed by atoms with Gasteiger partial charge in [-0.05, 0) is 35.6 Å². The highest BCUT2D eigenvalue weighted by molar-refractivity contribution is 9.10. The van der Waals surface area contributed by atoms with Gasteiger partial charge in [0.2, 0.25) is 11.0 Å². The van der Waals surface area contributed by atoms with Crippen molar-refractivity contribution in [3.8, 4) is 10.6 Å². The third-order valence-electron chi connectivity index (χ3n) is 4.90. The van der Waals surface area contributed by atoms with Crippen molar-refractivity contribution < 1.29 is 9.59 Å². The number of benzene rings is 2. The first kappa shape index (κ1) is 23.3. The number of rotatable bonds is 9. The molecule has 2 amide bonds. The zero-order valence-corrected chi connectivity index (χ0v) is 20.8. The largest absolute Gasteiger partial charge is 0.337 e. The number of anilines is 1. The van der Waals surface area contributed by atoms with Crippen LogP contribution in [0.4, 0.5) is 5.13 Å². The van der Waals surface area contributed by atoms with Crippen LogP contribution in [0.3, 0.4) is 0 Å². The number of hydrogen-bond acceptors (Lipinski definition) is 6. The third kappa shape index (κ3) is 6.56. The van der Waals surface area contributed by atoms with Crippen LogP contribution in [0.1, 0.15) is 21.7 Å². The van der Waals surface area contributed by atoms with Gasteiger partial charge in [-0.25, -0.2) is 0 Å². The Bertz CT molecular complexity index is 1190. The van der Waals surface area contributed by atoms with Crippen molar-refractivity contribution in [2.24, 2.45) is 0 Å². The van der Waals surface area contributed by atoms with Crippen LogP contribution in [0.15, 0.2) is 76.6 Å². The maximum absolute atomic E-state index is 13.0. The van der Waals surface area contributed by atoms with E-state index < -0.39 is 0 Å². The molecule has 0 fully saturated rings. The highest BCUT2D eigenvalue weighted by atomic mass is 79.9. The topological polar surface area (TPSA) is 75.2 Å². The number of nitrogens with zero attached hydrogens (tertiary/aromatic N) is 3. The summed E-state index contributed by atoms with van der Waals surface area (Å²) in [5.41, 5.74) is 2.09. The van der Waals surface area contributed by atoms with E-state index in [-0.39, 0.29) is 18.2 Å². The van der Waals surface area contributed by atoms with Gasteiger partial charge in [0.15, 0.2) is 0 Å². The summed E-state index contributed by atoms with van der Waals surface area (Å²) in [6.07, 6.45) is 0.908. The fraction of sp³-hybridized carbons (Fsp3) is 0.167. The Kier molecular flexibility index (Phi) is 7.98. The molecule has 2 aromatic heterocycles. The minimum atomic E-state index is -0.197. The van der Waals surface area contributed by atoms with Gasteiger partial charge in [-0.3, -0.25) is 9.59 Å². The fourth-order valence-corrected chi connectivity index (χ4v) is 4.90. The molecule has 2 aromatic carbocycles. The molecular weight excluding hydrogens is 520 g/mol. The summed E-state index contributed by atoms with van der Waals surface area (Å²) in [6, 6.07) is 21.4. The summed E-state index contributed by atoms with van der Waals surface area (Å²) in [7, 11) is 0. The molecule has 0 aliphatic rings. The van der Waals surface area contributed by atoms with Gasteiger partial charge in [-0.1, -0.05) is 75.8 Å². The quantitative estimate of drug-likeness (QED) is 0.293. The molecular formula is C24H21BrN4O2S2. The Morgan fingerprint density at radius 1 is 0.939 bits per heavy atom. The first-order valence-electron chi connectivity index (χ1n) is 10.3. The van der Waals surface area contributed by atoms with Gasteiger partial charge < -0.3 is 10.2 Å². The monoisotopic (exact) mass is 540 g/mol. The summed E-state index contributed by atoms with van der Waals surface area (Å²) < 4.78 is 0.984. The Balaban J connectivity index is 1.36. The van der Waals surface area contributed by atoms with Crippen LogP contribution in [0.2, 0.25) is 0 Å². The van der Waals surface area contributed by atoms with Crippen molar-refractivity contribution in [1.82, 2.24) is 15.1 Å². The molecule has 6 nitrogen and oxygen atoms in total. The molecule has 4 rings (SSSR count). The van der Waals surface area contributed by atoms with Crippen LogP contribution >= 0.6 is 38.6 Å². The predicted molar refractivity (Wildman–Crippen MR) is 137 cm³/mol. The van der Waals surface area contributed by atoms with Crippen molar-refractivity contribution in [3.05, 3.63) is 87.0 Å². The number of carbonyl (C=O) groups excluding carboxylic acids is 2. The number of halogens is 1. The van der Waals surface area contributed by atoms with Crippen molar-refractivity contribution in [3.63, 3.8) is 0 Å². The van der Waals surface area contributed by atoms with Crippen molar-refractivity contribution in [1.29, 1.82) is 0 Å². The maximum Gasteiger partial charge on any atom is 0.263 e. The molecule has 0 spiro atoms. The van der Waals surface area contributed by atoms with Gasteiger partial charge in [0.05, 0.1) is 4.88 Å². The first-order valence-corrected chi connectivity index (χ1v) is 12.8. The maximum atomic E-state index is 13.0. The molecule has 0 aliphatic heterocycles. The summed E-state index contributed by atoms with van der Waals surface area (Å²) in [5, 5.41) is 14.1. The van der Waals surface area contributed by atoms with Crippen LogP contribution in [0.5, 0.6) is 0 Å². The smallest absolute Gasteiger partial charge is 0.263 e. The van der Waals surface area contributed by atoms with Crippen LogP contribution in [0.25, 0.3) is 10.6 Å². The molecule has 0 atom stereocenters. The molecule has 0 saturated heterocycles. The van der Waals surface area contributed by atoms with Crippen LogP contribution in [-0.4, -0.2) is 40.0 Å². The molecule has 33 heavy (non-hydrogen) atoms. The normalized spacial score (nSPS) is 10.7. The van der Waals surface area contributed by atoms with Gasteiger partial charge >= 0.3 is 0 Å². The van der Waals surface area contributed by atoms with Gasteiger partial charge in [0.1, 0.15) is 5.01 Å². The molecule has 0 saturated carbocycles. The van der Waals surface area contributed by atoms with E-state index in [4.69, 9.17) is 0 Å². The van der Waals surface area contributed by atoms with E-state index in [2.05, 4.69) is 31.4 Å². The summed E-state index contributed by atoms with van der Waals surface area (Å²) in [5.74, 6) is -0.251. The second-order valence-electron chi connectivity index (χ2n) is 7.22. The minimum absolute atomic E-state index is 0.0535. The zero-order valence-electron chi connectivity index (χ0n) is 17.6. The van der Waals surface area contributed by atoms with E-state index in [1.54, 1.807) is 4.90 Å². The lowest BCUT2D eigenvalue weighted by Gasteiger charge is -2.22. The molecule has 0 bridgehead atoms. The van der Waals surface area contributed by atoms with E-state index in [1.165, 1.54) is 22.7 Å². The van der Waals surface area contributed by atoms with E-state index in [0.29, 0.717) is 23.1 Å². The van der Waals surface area contributed by atoms with Gasteiger partial charge in [0, 0.05) is 29.5 Å². The Labute approximate surface area is 208 Å². The SMILES string of the molecule is O=C(CCN(CCc1ccccc1)C(=O)c1cccs1)Nc1nnc(-c2ccc(Br)cc2)s1. The van der Waals surface area contributed by atoms with Gasteiger partial charge in [-0.2, -0.15) is 0 Å². The van der Waals surface area contributed by atoms with E-state index in [1.807, 2.05) is 72.1 Å². The zero-order chi connectivity index (χ0) is 23.0. The second kappa shape index (κ2) is 11.3. The summed E-state index contributed by atoms with van der Waals surface area (Å²) >= 11 is 6.14. The Morgan fingerprint density at radius 2 is 1.73 bits per heavy atom. The van der Waals surface area contributed by atoms with Crippen molar-refractivity contribution in [2.75, 3.05) is 18.4 Å². The molecule has 0 unspecified atom stereocenters.